The van der Waals surface area contributed by atoms with Crippen LogP contribution in [0.4, 0.5) is 0 Å². The summed E-state index contributed by atoms with van der Waals surface area (Å²) in [4.78, 5) is 14.9. The first kappa shape index (κ1) is 23.6. The molecule has 1 amide bonds. The van der Waals surface area contributed by atoms with Crippen molar-refractivity contribution in [2.75, 3.05) is 20.2 Å². The van der Waals surface area contributed by atoms with Crippen LogP contribution in [0.2, 0.25) is 0 Å². The summed E-state index contributed by atoms with van der Waals surface area (Å²) >= 11 is 0. The molecule has 4 rings (SSSR count). The molecule has 1 heterocycles. The number of nitrogens with zero attached hydrogens (tertiary/aromatic N) is 1. The second-order valence-electron chi connectivity index (χ2n) is 8.82. The van der Waals surface area contributed by atoms with Gasteiger partial charge in [0.05, 0.1) is 13.4 Å². The minimum atomic E-state index is 0.0444. The molecule has 0 saturated carbocycles. The van der Waals surface area contributed by atoms with Crippen molar-refractivity contribution in [2.45, 2.75) is 40.5 Å². The predicted molar refractivity (Wildman–Crippen MR) is 141 cm³/mol. The molecule has 0 saturated heterocycles. The Morgan fingerprint density at radius 1 is 1.03 bits per heavy atom. The van der Waals surface area contributed by atoms with Crippen LogP contribution in [0.1, 0.15) is 44.7 Å². The molecular weight excluding hydrogens is 422 g/mol. The number of aryl methyl sites for hydroxylation is 1. The highest BCUT2D eigenvalue weighted by atomic mass is 16.5. The van der Waals surface area contributed by atoms with E-state index in [2.05, 4.69) is 62.4 Å². The Balaban J connectivity index is 1.83. The fraction of sp³-hybridized carbons (Fsp3) is 0.300. The number of ether oxygens (including phenoxy) is 1. The summed E-state index contributed by atoms with van der Waals surface area (Å²) in [7, 11) is 1.67. The van der Waals surface area contributed by atoms with Crippen LogP contribution in [-0.2, 0) is 4.79 Å². The van der Waals surface area contributed by atoms with Crippen LogP contribution in [0, 0.1) is 6.92 Å². The number of carbonyl (C=O) groups is 1. The minimum absolute atomic E-state index is 0.0444. The number of allylic oxidation sites excluding steroid dienone is 1. The van der Waals surface area contributed by atoms with Gasteiger partial charge < -0.3 is 14.1 Å². The zero-order chi connectivity index (χ0) is 24.2. The van der Waals surface area contributed by atoms with Gasteiger partial charge in [0.1, 0.15) is 11.3 Å². The topological polar surface area (TPSA) is 42.7 Å². The van der Waals surface area contributed by atoms with Crippen molar-refractivity contribution in [3.8, 4) is 16.9 Å². The van der Waals surface area contributed by atoms with Crippen molar-refractivity contribution < 1.29 is 13.9 Å². The van der Waals surface area contributed by atoms with Crippen LogP contribution in [0.15, 0.2) is 65.3 Å². The second-order valence-corrected chi connectivity index (χ2v) is 8.82. The van der Waals surface area contributed by atoms with E-state index in [9.17, 15) is 4.79 Å². The van der Waals surface area contributed by atoms with Crippen LogP contribution in [0.3, 0.4) is 0 Å². The molecule has 0 unspecified atom stereocenters. The summed E-state index contributed by atoms with van der Waals surface area (Å²) < 4.78 is 11.8. The minimum Gasteiger partial charge on any atom is -0.496 e. The van der Waals surface area contributed by atoms with E-state index in [-0.39, 0.29) is 5.91 Å². The van der Waals surface area contributed by atoms with E-state index in [1.165, 1.54) is 10.8 Å². The van der Waals surface area contributed by atoms with E-state index < -0.39 is 0 Å². The predicted octanol–water partition coefficient (Wildman–Crippen LogP) is 7.62. The van der Waals surface area contributed by atoms with E-state index in [0.717, 1.165) is 70.5 Å². The molecule has 4 aromatic rings. The average Bonchev–Trinajstić information content (AvgIpc) is 3.28. The molecule has 0 aliphatic heterocycles. The van der Waals surface area contributed by atoms with Gasteiger partial charge in [0.15, 0.2) is 0 Å². The number of carbonyl (C=O) groups excluding carboxylic acids is 1. The van der Waals surface area contributed by atoms with Gasteiger partial charge in [-0.1, -0.05) is 50.2 Å². The number of methoxy groups -OCH3 is 1. The second kappa shape index (κ2) is 10.2. The summed E-state index contributed by atoms with van der Waals surface area (Å²) in [6.07, 6.45) is 5.44. The number of hydrogen-bond acceptors (Lipinski definition) is 3. The molecule has 0 aliphatic rings. The van der Waals surface area contributed by atoms with Crippen molar-refractivity contribution in [1.82, 2.24) is 4.90 Å². The lowest BCUT2D eigenvalue weighted by Crippen LogP contribution is -2.31. The Labute approximate surface area is 201 Å². The number of amides is 1. The van der Waals surface area contributed by atoms with Gasteiger partial charge >= 0.3 is 0 Å². The van der Waals surface area contributed by atoms with Crippen LogP contribution in [0.25, 0.3) is 38.4 Å². The number of hydrogen-bond donors (Lipinski definition) is 0. The van der Waals surface area contributed by atoms with Crippen molar-refractivity contribution in [3.63, 3.8) is 0 Å². The molecule has 0 spiro atoms. The number of fused-ring (bicyclic) bond motifs is 2. The van der Waals surface area contributed by atoms with Crippen LogP contribution >= 0.6 is 0 Å². The summed E-state index contributed by atoms with van der Waals surface area (Å²) in [6, 6.07) is 16.9. The van der Waals surface area contributed by atoms with E-state index in [0.29, 0.717) is 0 Å². The highest BCUT2D eigenvalue weighted by Gasteiger charge is 2.19. The molecule has 34 heavy (non-hydrogen) atoms. The van der Waals surface area contributed by atoms with Crippen LogP contribution in [-0.4, -0.2) is 31.0 Å². The lowest BCUT2D eigenvalue weighted by atomic mass is 9.95. The van der Waals surface area contributed by atoms with Crippen molar-refractivity contribution in [1.29, 1.82) is 0 Å². The largest absolute Gasteiger partial charge is 0.496 e. The average molecular weight is 456 g/mol. The number of furan rings is 1. The highest BCUT2D eigenvalue weighted by Crippen LogP contribution is 2.41. The molecule has 4 nitrogen and oxygen atoms in total. The zero-order valence-corrected chi connectivity index (χ0v) is 20.8. The lowest BCUT2D eigenvalue weighted by Gasteiger charge is -2.20. The molecule has 4 heteroatoms. The molecule has 0 radical (unpaired) electrons. The smallest absolute Gasteiger partial charge is 0.246 e. The molecule has 0 aliphatic carbocycles. The normalized spacial score (nSPS) is 11.9. The fourth-order valence-electron chi connectivity index (χ4n) is 4.68. The van der Waals surface area contributed by atoms with E-state index in [1.807, 2.05) is 25.0 Å². The van der Waals surface area contributed by atoms with Crippen molar-refractivity contribution >= 4 is 33.2 Å². The van der Waals surface area contributed by atoms with Crippen LogP contribution < -0.4 is 4.74 Å². The van der Waals surface area contributed by atoms with Gasteiger partial charge in [-0.3, -0.25) is 4.79 Å². The third kappa shape index (κ3) is 4.45. The van der Waals surface area contributed by atoms with E-state index >= 15 is 0 Å². The molecule has 0 atom stereocenters. The van der Waals surface area contributed by atoms with Crippen molar-refractivity contribution in [3.05, 3.63) is 72.0 Å². The third-order valence-electron chi connectivity index (χ3n) is 6.37. The molecule has 0 bridgehead atoms. The Morgan fingerprint density at radius 3 is 2.41 bits per heavy atom. The van der Waals surface area contributed by atoms with Gasteiger partial charge in [0.25, 0.3) is 0 Å². The maximum atomic E-state index is 13.0. The van der Waals surface area contributed by atoms with Crippen molar-refractivity contribution in [2.24, 2.45) is 0 Å². The first-order valence-corrected chi connectivity index (χ1v) is 12.0. The van der Waals surface area contributed by atoms with Gasteiger partial charge in [-0.2, -0.15) is 0 Å². The molecule has 3 aromatic carbocycles. The molecule has 0 fully saturated rings. The van der Waals surface area contributed by atoms with Gasteiger partial charge in [0, 0.05) is 41.2 Å². The quantitative estimate of drug-likeness (QED) is 0.257. The first-order chi connectivity index (χ1) is 16.5. The van der Waals surface area contributed by atoms with Gasteiger partial charge in [-0.15, -0.1) is 0 Å². The maximum absolute atomic E-state index is 13.0. The lowest BCUT2D eigenvalue weighted by molar-refractivity contribution is -0.126. The maximum Gasteiger partial charge on any atom is 0.246 e. The third-order valence-corrected chi connectivity index (χ3v) is 6.37. The standard InChI is InChI=1S/C30H33NO3/c1-6-14-31(15-7-2)28(32)16-20(3)25-18-26-27(19-34-30(26)21(4)29(25)33-5)24-13-12-22-10-8-9-11-23(22)17-24/h8-13,16-19H,6-7,14-15H2,1-5H3/b20-16+. The Kier molecular flexibility index (Phi) is 7.06. The molecule has 0 N–H and O–H groups in total. The molecule has 176 valence electrons. The summed E-state index contributed by atoms with van der Waals surface area (Å²) in [5.41, 5.74) is 5.67. The zero-order valence-electron chi connectivity index (χ0n) is 20.8. The number of benzene rings is 3. The Hall–Kier alpha value is -3.53. The SMILES string of the molecule is CCCN(CCC)C(=O)/C=C(\C)c1cc2c(-c3ccc4ccccc4c3)coc2c(C)c1OC. The van der Waals surface area contributed by atoms with Gasteiger partial charge in [-0.25, -0.2) is 0 Å². The Morgan fingerprint density at radius 2 is 1.74 bits per heavy atom. The highest BCUT2D eigenvalue weighted by molar-refractivity contribution is 6.02. The molecular formula is C30H33NO3. The van der Waals surface area contributed by atoms with Gasteiger partial charge in [0.2, 0.25) is 5.91 Å². The Bertz CT molecular complexity index is 1360. The molecule has 1 aromatic heterocycles. The van der Waals surface area contributed by atoms with E-state index in [4.69, 9.17) is 9.15 Å². The summed E-state index contributed by atoms with van der Waals surface area (Å²) in [5.74, 6) is 0.786. The monoisotopic (exact) mass is 455 g/mol. The number of rotatable bonds is 8. The van der Waals surface area contributed by atoms with Crippen LogP contribution in [0.5, 0.6) is 5.75 Å². The summed E-state index contributed by atoms with van der Waals surface area (Å²) in [6.45, 7) is 9.71. The van der Waals surface area contributed by atoms with Gasteiger partial charge in [-0.05, 0) is 60.7 Å². The summed E-state index contributed by atoms with van der Waals surface area (Å²) in [5, 5.41) is 3.41. The van der Waals surface area contributed by atoms with E-state index in [1.54, 1.807) is 13.2 Å². The first-order valence-electron chi connectivity index (χ1n) is 12.0. The fourth-order valence-corrected chi connectivity index (χ4v) is 4.68.